The number of halogens is 1. The smallest absolute Gasteiger partial charge is 0.299 e. The van der Waals surface area contributed by atoms with Gasteiger partial charge in [-0.1, -0.05) is 24.2 Å². The zero-order valence-corrected chi connectivity index (χ0v) is 11.7. The van der Waals surface area contributed by atoms with Gasteiger partial charge in [0.25, 0.3) is 11.7 Å². The van der Waals surface area contributed by atoms with Gasteiger partial charge in [0.2, 0.25) is 0 Å². The molecule has 1 heterocycles. The molecule has 1 aliphatic carbocycles. The van der Waals surface area contributed by atoms with Crippen LogP contribution in [0.4, 0.5) is 5.69 Å². The highest BCUT2D eigenvalue weighted by molar-refractivity contribution is 6.54. The SMILES string of the molecule is C=C(CNC1CC1)CN1C(=O)C(=O)c2cccc(Cl)c21. The molecule has 1 N–H and O–H groups in total. The molecule has 0 saturated heterocycles. The number of carbonyl (C=O) groups excluding carboxylic acids is 2. The van der Waals surface area contributed by atoms with Gasteiger partial charge in [-0.15, -0.1) is 0 Å². The third-order valence-corrected chi connectivity index (χ3v) is 3.85. The molecule has 1 amide bonds. The van der Waals surface area contributed by atoms with Crippen LogP contribution in [0.3, 0.4) is 0 Å². The summed E-state index contributed by atoms with van der Waals surface area (Å²) in [5, 5.41) is 3.76. The highest BCUT2D eigenvalue weighted by Crippen LogP contribution is 2.35. The van der Waals surface area contributed by atoms with E-state index in [0.717, 1.165) is 5.57 Å². The lowest BCUT2D eigenvalue weighted by Gasteiger charge is -2.19. The highest BCUT2D eigenvalue weighted by Gasteiger charge is 2.37. The minimum atomic E-state index is -0.527. The number of hydrogen-bond acceptors (Lipinski definition) is 3. The molecule has 1 aromatic carbocycles. The van der Waals surface area contributed by atoms with Crippen molar-refractivity contribution in [2.45, 2.75) is 18.9 Å². The number of rotatable bonds is 5. The predicted octanol–water partition coefficient (Wildman–Crippen LogP) is 2.18. The molecular weight excluding hydrogens is 276 g/mol. The number of ketones is 1. The summed E-state index contributed by atoms with van der Waals surface area (Å²) in [5.74, 6) is -1.02. The molecule has 4 nitrogen and oxygen atoms in total. The maximum atomic E-state index is 12.1. The minimum Gasteiger partial charge on any atom is -0.310 e. The van der Waals surface area contributed by atoms with Gasteiger partial charge in [0.05, 0.1) is 16.3 Å². The molecule has 1 fully saturated rings. The Hall–Kier alpha value is -1.65. The fourth-order valence-corrected chi connectivity index (χ4v) is 2.60. The molecule has 0 bridgehead atoms. The van der Waals surface area contributed by atoms with E-state index < -0.39 is 11.7 Å². The van der Waals surface area contributed by atoms with Crippen molar-refractivity contribution in [3.63, 3.8) is 0 Å². The number of carbonyl (C=O) groups is 2. The first-order valence-electron chi connectivity index (χ1n) is 6.62. The van der Waals surface area contributed by atoms with E-state index in [1.54, 1.807) is 18.2 Å². The molecule has 0 spiro atoms. The van der Waals surface area contributed by atoms with E-state index in [1.807, 2.05) is 0 Å². The third-order valence-electron chi connectivity index (χ3n) is 3.54. The fraction of sp³-hybridized carbons (Fsp3) is 0.333. The number of amides is 1. The summed E-state index contributed by atoms with van der Waals surface area (Å²) in [4.78, 5) is 25.4. The molecule has 0 unspecified atom stereocenters. The number of hydrogen-bond donors (Lipinski definition) is 1. The van der Waals surface area contributed by atoms with Gasteiger partial charge in [-0.25, -0.2) is 0 Å². The lowest BCUT2D eigenvalue weighted by molar-refractivity contribution is -0.114. The first kappa shape index (κ1) is 13.3. The molecule has 2 aliphatic rings. The van der Waals surface area contributed by atoms with Gasteiger partial charge in [-0.2, -0.15) is 0 Å². The standard InChI is InChI=1S/C15H15ClN2O2/c1-9(7-17-10-5-6-10)8-18-13-11(14(19)15(18)20)3-2-4-12(13)16/h2-4,10,17H,1,5-8H2. The van der Waals surface area contributed by atoms with Gasteiger partial charge in [0.15, 0.2) is 0 Å². The van der Waals surface area contributed by atoms with Crippen LogP contribution in [-0.4, -0.2) is 30.8 Å². The van der Waals surface area contributed by atoms with Crippen LogP contribution in [0.2, 0.25) is 5.02 Å². The van der Waals surface area contributed by atoms with Crippen molar-refractivity contribution in [2.75, 3.05) is 18.0 Å². The molecule has 1 aliphatic heterocycles. The second-order valence-corrected chi connectivity index (χ2v) is 5.67. The lowest BCUT2D eigenvalue weighted by Crippen LogP contribution is -2.34. The van der Waals surface area contributed by atoms with Gasteiger partial charge >= 0.3 is 0 Å². The summed E-state index contributed by atoms with van der Waals surface area (Å²) >= 11 is 6.12. The van der Waals surface area contributed by atoms with Crippen molar-refractivity contribution in [2.24, 2.45) is 0 Å². The second kappa shape index (κ2) is 5.04. The Labute approximate surface area is 122 Å². The Morgan fingerprint density at radius 1 is 1.40 bits per heavy atom. The highest BCUT2D eigenvalue weighted by atomic mass is 35.5. The van der Waals surface area contributed by atoms with Crippen LogP contribution >= 0.6 is 11.6 Å². The van der Waals surface area contributed by atoms with Crippen molar-refractivity contribution in [1.29, 1.82) is 0 Å². The number of Topliss-reactive ketones (excluding diaryl/α,β-unsaturated/α-hetero) is 1. The zero-order valence-electron chi connectivity index (χ0n) is 11.0. The van der Waals surface area contributed by atoms with Crippen molar-refractivity contribution in [3.8, 4) is 0 Å². The quantitative estimate of drug-likeness (QED) is 0.668. The number of fused-ring (bicyclic) bond motifs is 1. The Morgan fingerprint density at radius 2 is 2.15 bits per heavy atom. The van der Waals surface area contributed by atoms with E-state index in [0.29, 0.717) is 35.4 Å². The van der Waals surface area contributed by atoms with Crippen LogP contribution in [0.25, 0.3) is 0 Å². The van der Waals surface area contributed by atoms with Crippen LogP contribution in [0.15, 0.2) is 30.4 Å². The predicted molar refractivity (Wildman–Crippen MR) is 78.3 cm³/mol. The average molecular weight is 291 g/mol. The topological polar surface area (TPSA) is 49.4 Å². The van der Waals surface area contributed by atoms with E-state index in [4.69, 9.17) is 11.6 Å². The van der Waals surface area contributed by atoms with E-state index in [2.05, 4.69) is 11.9 Å². The Morgan fingerprint density at radius 3 is 2.85 bits per heavy atom. The van der Waals surface area contributed by atoms with Crippen molar-refractivity contribution in [1.82, 2.24) is 5.32 Å². The summed E-state index contributed by atoms with van der Waals surface area (Å²) in [7, 11) is 0. The van der Waals surface area contributed by atoms with Crippen molar-refractivity contribution in [3.05, 3.63) is 40.9 Å². The first-order valence-corrected chi connectivity index (χ1v) is 7.00. The molecule has 1 aromatic rings. The molecule has 0 aromatic heterocycles. The molecule has 1 saturated carbocycles. The van der Waals surface area contributed by atoms with Gasteiger partial charge in [0, 0.05) is 19.1 Å². The number of nitrogens with zero attached hydrogens (tertiary/aromatic N) is 1. The van der Waals surface area contributed by atoms with Crippen LogP contribution in [-0.2, 0) is 4.79 Å². The first-order chi connectivity index (χ1) is 9.58. The number of benzene rings is 1. The summed E-state index contributed by atoms with van der Waals surface area (Å²) in [6.07, 6.45) is 2.39. The van der Waals surface area contributed by atoms with Gasteiger partial charge in [-0.05, 0) is 30.5 Å². The van der Waals surface area contributed by atoms with Gasteiger partial charge in [0.1, 0.15) is 0 Å². The molecular formula is C15H15ClN2O2. The molecule has 0 atom stereocenters. The number of nitrogens with one attached hydrogen (secondary N) is 1. The Balaban J connectivity index is 1.77. The normalized spacial score (nSPS) is 17.6. The molecule has 104 valence electrons. The summed E-state index contributed by atoms with van der Waals surface area (Å²) in [6, 6.07) is 5.58. The summed E-state index contributed by atoms with van der Waals surface area (Å²) in [5.41, 5.74) is 1.76. The molecule has 5 heteroatoms. The van der Waals surface area contributed by atoms with E-state index in [9.17, 15) is 9.59 Å². The third kappa shape index (κ3) is 2.37. The van der Waals surface area contributed by atoms with Crippen molar-refractivity contribution >= 4 is 29.0 Å². The molecule has 0 radical (unpaired) electrons. The number of anilines is 1. The van der Waals surface area contributed by atoms with E-state index in [-0.39, 0.29) is 0 Å². The second-order valence-electron chi connectivity index (χ2n) is 5.26. The average Bonchev–Trinajstić information content (AvgIpc) is 3.22. The Bertz CT molecular complexity index is 608. The number of para-hydroxylation sites is 1. The van der Waals surface area contributed by atoms with Crippen molar-refractivity contribution < 1.29 is 9.59 Å². The zero-order chi connectivity index (χ0) is 14.3. The van der Waals surface area contributed by atoms with Crippen LogP contribution < -0.4 is 10.2 Å². The maximum absolute atomic E-state index is 12.1. The largest absolute Gasteiger partial charge is 0.310 e. The Kier molecular flexibility index (Phi) is 3.36. The van der Waals surface area contributed by atoms with Crippen LogP contribution in [0, 0.1) is 0 Å². The summed E-state index contributed by atoms with van der Waals surface area (Å²) in [6.45, 7) is 4.94. The van der Waals surface area contributed by atoms with Crippen LogP contribution in [0.1, 0.15) is 23.2 Å². The van der Waals surface area contributed by atoms with E-state index >= 15 is 0 Å². The molecule has 20 heavy (non-hydrogen) atoms. The fourth-order valence-electron chi connectivity index (χ4n) is 2.32. The minimum absolute atomic E-state index is 0.320. The maximum Gasteiger partial charge on any atom is 0.299 e. The van der Waals surface area contributed by atoms with E-state index in [1.165, 1.54) is 17.7 Å². The van der Waals surface area contributed by atoms with Gasteiger partial charge < -0.3 is 5.32 Å². The lowest BCUT2D eigenvalue weighted by atomic mass is 10.1. The molecule has 3 rings (SSSR count). The van der Waals surface area contributed by atoms with Crippen LogP contribution in [0.5, 0.6) is 0 Å². The summed E-state index contributed by atoms with van der Waals surface area (Å²) < 4.78 is 0. The monoisotopic (exact) mass is 290 g/mol. The van der Waals surface area contributed by atoms with Gasteiger partial charge in [-0.3, -0.25) is 14.5 Å².